The first-order valence-electron chi connectivity index (χ1n) is 6.01. The first-order chi connectivity index (χ1) is 8.69. The highest BCUT2D eigenvalue weighted by atomic mass is 16.1. The molecule has 92 valence electrons. The minimum absolute atomic E-state index is 0.0669. The van der Waals surface area contributed by atoms with Crippen molar-refractivity contribution in [3.8, 4) is 0 Å². The van der Waals surface area contributed by atoms with E-state index in [0.717, 1.165) is 12.1 Å². The van der Waals surface area contributed by atoms with Crippen LogP contribution in [0.5, 0.6) is 0 Å². The highest BCUT2D eigenvalue weighted by Gasteiger charge is 2.04. The summed E-state index contributed by atoms with van der Waals surface area (Å²) in [6.45, 7) is 4.80. The summed E-state index contributed by atoms with van der Waals surface area (Å²) in [7, 11) is 0. The average molecular weight is 240 g/mol. The van der Waals surface area contributed by atoms with Crippen LogP contribution in [-0.2, 0) is 6.54 Å². The maximum Gasteiger partial charge on any atom is 0.206 e. The molecule has 3 nitrogen and oxygen atoms in total. The predicted octanol–water partition coefficient (Wildman–Crippen LogP) is 3.11. The predicted molar refractivity (Wildman–Crippen MR) is 72.4 cm³/mol. The molecule has 0 unspecified atom stereocenters. The third kappa shape index (κ3) is 2.94. The number of benzene rings is 1. The van der Waals surface area contributed by atoms with E-state index in [9.17, 15) is 4.79 Å². The number of hydrogen-bond acceptors (Lipinski definition) is 2. The number of rotatable bonds is 4. The number of hydrogen-bond donors (Lipinski definition) is 0. The van der Waals surface area contributed by atoms with Crippen LogP contribution in [0.4, 0.5) is 0 Å². The van der Waals surface area contributed by atoms with Crippen LogP contribution >= 0.6 is 0 Å². The van der Waals surface area contributed by atoms with Crippen molar-refractivity contribution in [1.29, 1.82) is 0 Å². The Balaban J connectivity index is 2.09. The molecular formula is C15H16N2O. The van der Waals surface area contributed by atoms with E-state index in [-0.39, 0.29) is 5.78 Å². The molecule has 2 aromatic rings. The molecule has 0 saturated heterocycles. The van der Waals surface area contributed by atoms with Crippen molar-refractivity contribution in [2.24, 2.45) is 0 Å². The zero-order valence-electron chi connectivity index (χ0n) is 10.6. The summed E-state index contributed by atoms with van der Waals surface area (Å²) < 4.78 is 1.74. The monoisotopic (exact) mass is 240 g/mol. The molecule has 0 aliphatic carbocycles. The van der Waals surface area contributed by atoms with Crippen molar-refractivity contribution in [2.75, 3.05) is 0 Å². The fourth-order valence-electron chi connectivity index (χ4n) is 1.60. The molecule has 1 aromatic carbocycles. The number of carbonyl (C=O) groups excluding carboxylic acids is 1. The van der Waals surface area contributed by atoms with Gasteiger partial charge in [0.15, 0.2) is 0 Å². The summed E-state index contributed by atoms with van der Waals surface area (Å²) in [6.07, 6.45) is 5.19. The SMILES string of the molecule is CCn1ccc(C(=O)/C=C/c2ccc(C)cc2)n1. The largest absolute Gasteiger partial charge is 0.287 e. The second-order valence-corrected chi connectivity index (χ2v) is 4.16. The van der Waals surface area contributed by atoms with Crippen molar-refractivity contribution in [2.45, 2.75) is 20.4 Å². The Kier molecular flexibility index (Phi) is 3.72. The smallest absolute Gasteiger partial charge is 0.206 e. The first kappa shape index (κ1) is 12.3. The van der Waals surface area contributed by atoms with Crippen LogP contribution in [0.2, 0.25) is 0 Å². The van der Waals surface area contributed by atoms with Gasteiger partial charge in [0, 0.05) is 12.7 Å². The summed E-state index contributed by atoms with van der Waals surface area (Å²) in [5, 5.41) is 4.17. The number of ketones is 1. The molecule has 0 bridgehead atoms. The number of carbonyl (C=O) groups is 1. The third-order valence-electron chi connectivity index (χ3n) is 2.72. The fraction of sp³-hybridized carbons (Fsp3) is 0.200. The molecule has 0 radical (unpaired) electrons. The minimum Gasteiger partial charge on any atom is -0.287 e. The van der Waals surface area contributed by atoms with Crippen LogP contribution in [0.3, 0.4) is 0 Å². The second kappa shape index (κ2) is 5.45. The van der Waals surface area contributed by atoms with Crippen LogP contribution in [0, 0.1) is 6.92 Å². The van der Waals surface area contributed by atoms with E-state index in [0.29, 0.717) is 5.69 Å². The lowest BCUT2D eigenvalue weighted by Crippen LogP contribution is -1.99. The van der Waals surface area contributed by atoms with Crippen molar-refractivity contribution < 1.29 is 4.79 Å². The molecule has 1 aromatic heterocycles. The molecule has 0 aliphatic rings. The molecule has 0 N–H and O–H groups in total. The molecule has 2 rings (SSSR count). The van der Waals surface area contributed by atoms with Gasteiger partial charge in [0.1, 0.15) is 5.69 Å². The van der Waals surface area contributed by atoms with Crippen molar-refractivity contribution in [3.05, 3.63) is 59.4 Å². The summed E-state index contributed by atoms with van der Waals surface area (Å²) in [6, 6.07) is 9.77. The molecule has 0 aliphatic heterocycles. The lowest BCUT2D eigenvalue weighted by atomic mass is 10.1. The molecule has 0 atom stereocenters. The van der Waals surface area contributed by atoms with E-state index < -0.39 is 0 Å². The summed E-state index contributed by atoms with van der Waals surface area (Å²) >= 11 is 0. The molecular weight excluding hydrogens is 224 g/mol. The second-order valence-electron chi connectivity index (χ2n) is 4.16. The first-order valence-corrected chi connectivity index (χ1v) is 6.01. The van der Waals surface area contributed by atoms with Gasteiger partial charge >= 0.3 is 0 Å². The van der Waals surface area contributed by atoms with E-state index in [1.807, 2.05) is 50.4 Å². The van der Waals surface area contributed by atoms with Crippen molar-refractivity contribution >= 4 is 11.9 Å². The number of nitrogens with zero attached hydrogens (tertiary/aromatic N) is 2. The highest BCUT2D eigenvalue weighted by Crippen LogP contribution is 2.06. The topological polar surface area (TPSA) is 34.9 Å². The van der Waals surface area contributed by atoms with E-state index in [2.05, 4.69) is 5.10 Å². The van der Waals surface area contributed by atoms with Gasteiger partial charge in [-0.3, -0.25) is 9.48 Å². The van der Waals surface area contributed by atoms with Gasteiger partial charge in [0.05, 0.1) is 0 Å². The van der Waals surface area contributed by atoms with Crippen LogP contribution in [0.1, 0.15) is 28.5 Å². The summed E-state index contributed by atoms with van der Waals surface area (Å²) in [5.74, 6) is -0.0669. The van der Waals surface area contributed by atoms with Crippen LogP contribution in [0.25, 0.3) is 6.08 Å². The zero-order valence-corrected chi connectivity index (χ0v) is 10.6. The molecule has 0 spiro atoms. The minimum atomic E-state index is -0.0669. The number of allylic oxidation sites excluding steroid dienone is 1. The Bertz CT molecular complexity index is 564. The summed E-state index contributed by atoms with van der Waals surface area (Å²) in [4.78, 5) is 11.9. The number of aromatic nitrogens is 2. The van der Waals surface area contributed by atoms with E-state index in [4.69, 9.17) is 0 Å². The molecule has 0 fully saturated rings. The maximum absolute atomic E-state index is 11.9. The fourth-order valence-corrected chi connectivity index (χ4v) is 1.60. The Morgan fingerprint density at radius 3 is 2.61 bits per heavy atom. The van der Waals surface area contributed by atoms with Crippen LogP contribution < -0.4 is 0 Å². The highest BCUT2D eigenvalue weighted by molar-refractivity contribution is 6.05. The molecule has 3 heteroatoms. The molecule has 18 heavy (non-hydrogen) atoms. The van der Waals surface area contributed by atoms with Gasteiger partial charge in [0.25, 0.3) is 0 Å². The van der Waals surface area contributed by atoms with E-state index in [1.165, 1.54) is 5.56 Å². The molecule has 0 amide bonds. The quantitative estimate of drug-likeness (QED) is 0.608. The third-order valence-corrected chi connectivity index (χ3v) is 2.72. The van der Waals surface area contributed by atoms with Crippen molar-refractivity contribution in [1.82, 2.24) is 9.78 Å². The van der Waals surface area contributed by atoms with Crippen LogP contribution in [-0.4, -0.2) is 15.6 Å². The molecule has 0 saturated carbocycles. The lowest BCUT2D eigenvalue weighted by molar-refractivity contribution is 0.104. The zero-order chi connectivity index (χ0) is 13.0. The van der Waals surface area contributed by atoms with E-state index in [1.54, 1.807) is 16.8 Å². The van der Waals surface area contributed by atoms with Crippen molar-refractivity contribution in [3.63, 3.8) is 0 Å². The van der Waals surface area contributed by atoms with Gasteiger partial charge in [-0.1, -0.05) is 35.9 Å². The maximum atomic E-state index is 11.9. The summed E-state index contributed by atoms with van der Waals surface area (Å²) in [5.41, 5.74) is 2.71. The Labute approximate surface area is 107 Å². The lowest BCUT2D eigenvalue weighted by Gasteiger charge is -1.94. The van der Waals surface area contributed by atoms with Crippen LogP contribution in [0.15, 0.2) is 42.6 Å². The molecule has 1 heterocycles. The Morgan fingerprint density at radius 2 is 2.00 bits per heavy atom. The van der Waals surface area contributed by atoms with Gasteiger partial charge in [-0.05, 0) is 31.6 Å². The van der Waals surface area contributed by atoms with Gasteiger partial charge in [-0.2, -0.15) is 5.10 Å². The normalized spacial score (nSPS) is 11.0. The Morgan fingerprint density at radius 1 is 1.28 bits per heavy atom. The number of aryl methyl sites for hydroxylation is 2. The van der Waals surface area contributed by atoms with Gasteiger partial charge in [-0.15, -0.1) is 0 Å². The standard InChI is InChI=1S/C15H16N2O/c1-3-17-11-10-14(16-17)15(18)9-8-13-6-4-12(2)5-7-13/h4-11H,3H2,1-2H3/b9-8+. The van der Waals surface area contributed by atoms with Gasteiger partial charge in [0.2, 0.25) is 5.78 Å². The van der Waals surface area contributed by atoms with Gasteiger partial charge in [-0.25, -0.2) is 0 Å². The van der Waals surface area contributed by atoms with E-state index >= 15 is 0 Å². The average Bonchev–Trinajstić information content (AvgIpc) is 2.86. The Hall–Kier alpha value is -2.16. The van der Waals surface area contributed by atoms with Gasteiger partial charge < -0.3 is 0 Å².